The van der Waals surface area contributed by atoms with Crippen molar-refractivity contribution in [3.05, 3.63) is 11.6 Å². The molecule has 0 saturated heterocycles. The average Bonchev–Trinajstić information content (AvgIpc) is 2.19. The molecule has 0 saturated carbocycles. The molecule has 0 atom stereocenters. The predicted octanol–water partition coefficient (Wildman–Crippen LogP) is -0.0300. The summed E-state index contributed by atoms with van der Waals surface area (Å²) in [6, 6.07) is 2.11. The lowest BCUT2D eigenvalue weighted by atomic mass is 10.3. The van der Waals surface area contributed by atoms with Gasteiger partial charge in [0.15, 0.2) is 0 Å². The summed E-state index contributed by atoms with van der Waals surface area (Å²) in [5.74, 6) is 0. The smallest absolute Gasteiger partial charge is 0.0957 e. The normalized spacial score (nSPS) is 11.8. The van der Waals surface area contributed by atoms with E-state index in [-0.39, 0.29) is 6.61 Å². The summed E-state index contributed by atoms with van der Waals surface area (Å²) in [5.41, 5.74) is 0.759. The number of hydrogen-bond acceptors (Lipinski definition) is 4. The summed E-state index contributed by atoms with van der Waals surface area (Å²) in [5, 5.41) is 20.4. The zero-order chi connectivity index (χ0) is 10.8. The molecular formula is C10H19N3O. The summed E-state index contributed by atoms with van der Waals surface area (Å²) in [4.78, 5) is 2.04. The van der Waals surface area contributed by atoms with Gasteiger partial charge in [0.2, 0.25) is 0 Å². The molecule has 0 bridgehead atoms. The van der Waals surface area contributed by atoms with E-state index in [0.29, 0.717) is 13.1 Å². The number of nitrogens with zero attached hydrogens (tertiary/aromatic N) is 2. The molecule has 0 aromatic heterocycles. The second kappa shape index (κ2) is 8.70. The number of nitrogens with one attached hydrogen (secondary N) is 1. The Morgan fingerprint density at radius 2 is 2.29 bits per heavy atom. The van der Waals surface area contributed by atoms with Gasteiger partial charge in [-0.15, -0.1) is 0 Å². The van der Waals surface area contributed by atoms with Crippen molar-refractivity contribution in [1.29, 1.82) is 5.26 Å². The fraction of sp³-hybridized carbons (Fsp3) is 0.700. The Hall–Kier alpha value is -0.890. The molecule has 0 rings (SSSR count). The van der Waals surface area contributed by atoms with Crippen LogP contribution in [0.5, 0.6) is 0 Å². The maximum Gasteiger partial charge on any atom is 0.0957 e. The van der Waals surface area contributed by atoms with Gasteiger partial charge in [-0.1, -0.05) is 6.08 Å². The van der Waals surface area contributed by atoms with Gasteiger partial charge in [-0.2, -0.15) is 5.26 Å². The van der Waals surface area contributed by atoms with Crippen LogP contribution in [0.3, 0.4) is 0 Å². The van der Waals surface area contributed by atoms with Crippen molar-refractivity contribution in [1.82, 2.24) is 10.2 Å². The van der Waals surface area contributed by atoms with Crippen molar-refractivity contribution in [3.63, 3.8) is 0 Å². The van der Waals surface area contributed by atoms with Crippen LogP contribution in [0.2, 0.25) is 0 Å². The van der Waals surface area contributed by atoms with Gasteiger partial charge in [0.1, 0.15) is 0 Å². The Bertz CT molecular complexity index is 208. The number of rotatable bonds is 7. The second-order valence-electron chi connectivity index (χ2n) is 3.13. The van der Waals surface area contributed by atoms with Gasteiger partial charge in [0.05, 0.1) is 12.7 Å². The van der Waals surface area contributed by atoms with Crippen molar-refractivity contribution < 1.29 is 5.11 Å². The van der Waals surface area contributed by atoms with Crippen LogP contribution < -0.4 is 5.32 Å². The molecule has 4 nitrogen and oxygen atoms in total. The summed E-state index contributed by atoms with van der Waals surface area (Å²) in [6.07, 6.45) is 1.81. The monoisotopic (exact) mass is 197 g/mol. The molecule has 0 radical (unpaired) electrons. The lowest BCUT2D eigenvalue weighted by Crippen LogP contribution is -2.31. The number of likely N-dealkylation sites (N-methyl/N-ethyl adjacent to an activating group) is 1. The van der Waals surface area contributed by atoms with E-state index in [2.05, 4.69) is 11.4 Å². The van der Waals surface area contributed by atoms with E-state index in [1.807, 2.05) is 24.9 Å². The highest BCUT2D eigenvalue weighted by Crippen LogP contribution is 1.87. The topological polar surface area (TPSA) is 59.3 Å². The average molecular weight is 197 g/mol. The predicted molar refractivity (Wildman–Crippen MR) is 56.8 cm³/mol. The Labute approximate surface area is 85.8 Å². The van der Waals surface area contributed by atoms with Crippen molar-refractivity contribution in [2.24, 2.45) is 0 Å². The summed E-state index contributed by atoms with van der Waals surface area (Å²) < 4.78 is 0. The van der Waals surface area contributed by atoms with Crippen molar-refractivity contribution in [2.45, 2.75) is 6.92 Å². The van der Waals surface area contributed by atoms with Crippen LogP contribution in [0, 0.1) is 11.3 Å². The quantitative estimate of drug-likeness (QED) is 0.444. The number of hydrogen-bond donors (Lipinski definition) is 2. The third kappa shape index (κ3) is 6.61. The van der Waals surface area contributed by atoms with Crippen LogP contribution in [0.15, 0.2) is 11.6 Å². The van der Waals surface area contributed by atoms with Crippen LogP contribution >= 0.6 is 0 Å². The molecule has 0 aromatic carbocycles. The van der Waals surface area contributed by atoms with E-state index < -0.39 is 0 Å². The Balaban J connectivity index is 3.43. The van der Waals surface area contributed by atoms with E-state index >= 15 is 0 Å². The molecule has 0 aromatic rings. The standard InChI is InChI=1S/C10H19N3O/c1-3-10(8-11)9-12-4-5-13(2)6-7-14/h3,12,14H,4-7,9H2,1-2H3/b10-3-. The van der Waals surface area contributed by atoms with Gasteiger partial charge in [0.25, 0.3) is 0 Å². The highest BCUT2D eigenvalue weighted by molar-refractivity contribution is 5.20. The molecule has 2 N–H and O–H groups in total. The third-order valence-electron chi connectivity index (χ3n) is 1.96. The summed E-state index contributed by atoms with van der Waals surface area (Å²) in [6.45, 7) is 5.07. The second-order valence-corrected chi connectivity index (χ2v) is 3.13. The first-order valence-electron chi connectivity index (χ1n) is 4.80. The molecule has 0 amide bonds. The number of nitriles is 1. The van der Waals surface area contributed by atoms with Gasteiger partial charge < -0.3 is 15.3 Å². The van der Waals surface area contributed by atoms with Gasteiger partial charge in [-0.3, -0.25) is 0 Å². The number of aliphatic hydroxyl groups is 1. The van der Waals surface area contributed by atoms with E-state index in [1.165, 1.54) is 0 Å². The first-order valence-corrected chi connectivity index (χ1v) is 4.80. The van der Waals surface area contributed by atoms with Gasteiger partial charge in [-0.05, 0) is 14.0 Å². The van der Waals surface area contributed by atoms with E-state index in [0.717, 1.165) is 18.7 Å². The zero-order valence-corrected chi connectivity index (χ0v) is 8.95. The van der Waals surface area contributed by atoms with Crippen molar-refractivity contribution in [2.75, 3.05) is 39.8 Å². The zero-order valence-electron chi connectivity index (χ0n) is 8.95. The summed E-state index contributed by atoms with van der Waals surface area (Å²) >= 11 is 0. The first kappa shape index (κ1) is 13.1. The molecule has 80 valence electrons. The molecule has 14 heavy (non-hydrogen) atoms. The van der Waals surface area contributed by atoms with Gasteiger partial charge in [0, 0.05) is 31.8 Å². The SMILES string of the molecule is C/C=C(/C#N)CNCCN(C)CCO. The Morgan fingerprint density at radius 1 is 1.57 bits per heavy atom. The minimum absolute atomic E-state index is 0.189. The number of aliphatic hydroxyl groups excluding tert-OH is 1. The molecule has 0 aliphatic rings. The minimum Gasteiger partial charge on any atom is -0.395 e. The Kier molecular flexibility index (Phi) is 8.14. The van der Waals surface area contributed by atoms with Crippen LogP contribution in [-0.4, -0.2) is 49.8 Å². The third-order valence-corrected chi connectivity index (χ3v) is 1.96. The van der Waals surface area contributed by atoms with Crippen molar-refractivity contribution >= 4 is 0 Å². The minimum atomic E-state index is 0.189. The van der Waals surface area contributed by atoms with E-state index in [9.17, 15) is 0 Å². The van der Waals surface area contributed by atoms with Crippen LogP contribution in [-0.2, 0) is 0 Å². The molecule has 4 heteroatoms. The largest absolute Gasteiger partial charge is 0.395 e. The number of allylic oxidation sites excluding steroid dienone is 1. The first-order chi connectivity index (χ1) is 6.74. The summed E-state index contributed by atoms with van der Waals surface area (Å²) in [7, 11) is 1.96. The fourth-order valence-corrected chi connectivity index (χ4v) is 0.982. The maximum atomic E-state index is 8.64. The van der Waals surface area contributed by atoms with Crippen LogP contribution in [0.4, 0.5) is 0 Å². The lowest BCUT2D eigenvalue weighted by Gasteiger charge is -2.14. The molecule has 0 heterocycles. The molecule has 0 unspecified atom stereocenters. The van der Waals surface area contributed by atoms with Crippen LogP contribution in [0.25, 0.3) is 0 Å². The highest BCUT2D eigenvalue weighted by atomic mass is 16.3. The molecule has 0 aliphatic heterocycles. The molecule has 0 spiro atoms. The van der Waals surface area contributed by atoms with Crippen molar-refractivity contribution in [3.8, 4) is 6.07 Å². The molecular weight excluding hydrogens is 178 g/mol. The van der Waals surface area contributed by atoms with Crippen LogP contribution in [0.1, 0.15) is 6.92 Å². The van der Waals surface area contributed by atoms with Gasteiger partial charge >= 0.3 is 0 Å². The van der Waals surface area contributed by atoms with E-state index in [4.69, 9.17) is 10.4 Å². The lowest BCUT2D eigenvalue weighted by molar-refractivity contribution is 0.222. The van der Waals surface area contributed by atoms with E-state index in [1.54, 1.807) is 0 Å². The Morgan fingerprint density at radius 3 is 2.79 bits per heavy atom. The molecule has 0 fully saturated rings. The molecule has 0 aliphatic carbocycles. The highest BCUT2D eigenvalue weighted by Gasteiger charge is 1.96. The fourth-order valence-electron chi connectivity index (χ4n) is 0.982. The maximum absolute atomic E-state index is 8.64. The van der Waals surface area contributed by atoms with Gasteiger partial charge in [-0.25, -0.2) is 0 Å².